The van der Waals surface area contributed by atoms with Crippen molar-refractivity contribution in [1.29, 1.82) is 0 Å². The van der Waals surface area contributed by atoms with Crippen LogP contribution in [0.3, 0.4) is 0 Å². The van der Waals surface area contributed by atoms with Gasteiger partial charge in [0.1, 0.15) is 22.9 Å². The minimum absolute atomic E-state index is 0.0246. The third-order valence-corrected chi connectivity index (χ3v) is 4.73. The molecular formula is C20H17NO5. The van der Waals surface area contributed by atoms with Crippen LogP contribution in [0.5, 0.6) is 11.5 Å². The Kier molecular flexibility index (Phi) is 3.61. The molecule has 132 valence electrons. The molecule has 0 aromatic heterocycles. The number of fused-ring (bicyclic) bond motifs is 2. The number of aliphatic hydroxyl groups is 2. The SMILES string of the molecule is Nc1ccc(C2(O)C3=CCC(O)C=C3Oc3cc(O)ccc32)c(C=O)c1. The molecule has 2 aromatic rings. The van der Waals surface area contributed by atoms with Gasteiger partial charge in [-0.3, -0.25) is 4.79 Å². The largest absolute Gasteiger partial charge is 0.508 e. The van der Waals surface area contributed by atoms with Crippen LogP contribution in [-0.4, -0.2) is 27.7 Å². The van der Waals surface area contributed by atoms with Gasteiger partial charge in [0.25, 0.3) is 0 Å². The van der Waals surface area contributed by atoms with Crippen molar-refractivity contribution in [2.75, 3.05) is 5.73 Å². The molecule has 1 heterocycles. The van der Waals surface area contributed by atoms with Gasteiger partial charge in [0, 0.05) is 34.0 Å². The third kappa shape index (κ3) is 2.31. The van der Waals surface area contributed by atoms with Gasteiger partial charge in [0.15, 0.2) is 6.29 Å². The van der Waals surface area contributed by atoms with Gasteiger partial charge < -0.3 is 25.8 Å². The first-order chi connectivity index (χ1) is 12.4. The van der Waals surface area contributed by atoms with E-state index in [1.54, 1.807) is 24.3 Å². The summed E-state index contributed by atoms with van der Waals surface area (Å²) in [6, 6.07) is 9.09. The Morgan fingerprint density at radius 3 is 2.73 bits per heavy atom. The van der Waals surface area contributed by atoms with Crippen molar-refractivity contribution in [2.45, 2.75) is 18.1 Å². The molecule has 4 rings (SSSR count). The number of nitrogens with two attached hydrogens (primary N) is 1. The molecule has 6 heteroatoms. The van der Waals surface area contributed by atoms with E-state index in [1.165, 1.54) is 24.3 Å². The van der Waals surface area contributed by atoms with E-state index in [0.29, 0.717) is 35.1 Å². The fourth-order valence-corrected chi connectivity index (χ4v) is 3.54. The molecule has 0 radical (unpaired) electrons. The zero-order chi connectivity index (χ0) is 18.5. The Hall–Kier alpha value is -3.09. The van der Waals surface area contributed by atoms with Crippen LogP contribution in [-0.2, 0) is 5.60 Å². The minimum atomic E-state index is -1.68. The lowest BCUT2D eigenvalue weighted by molar-refractivity contribution is 0.0956. The number of aldehydes is 1. The van der Waals surface area contributed by atoms with Gasteiger partial charge in [-0.25, -0.2) is 0 Å². The zero-order valence-electron chi connectivity index (χ0n) is 13.7. The molecule has 2 unspecified atom stereocenters. The lowest BCUT2D eigenvalue weighted by atomic mass is 9.74. The highest BCUT2D eigenvalue weighted by Crippen LogP contribution is 2.51. The highest BCUT2D eigenvalue weighted by atomic mass is 16.5. The molecule has 0 spiro atoms. The van der Waals surface area contributed by atoms with E-state index < -0.39 is 11.7 Å². The molecule has 0 saturated heterocycles. The van der Waals surface area contributed by atoms with Crippen molar-refractivity contribution in [1.82, 2.24) is 0 Å². The highest BCUT2D eigenvalue weighted by molar-refractivity contribution is 5.82. The number of anilines is 1. The summed E-state index contributed by atoms with van der Waals surface area (Å²) in [7, 11) is 0. The molecule has 26 heavy (non-hydrogen) atoms. The first-order valence-electron chi connectivity index (χ1n) is 8.13. The average Bonchev–Trinajstić information content (AvgIpc) is 2.60. The number of carbonyl (C=O) groups is 1. The molecule has 1 aliphatic carbocycles. The quantitative estimate of drug-likeness (QED) is 0.486. The maximum atomic E-state index is 11.8. The maximum absolute atomic E-state index is 11.8. The van der Waals surface area contributed by atoms with Crippen molar-refractivity contribution in [3.63, 3.8) is 0 Å². The van der Waals surface area contributed by atoms with E-state index in [2.05, 4.69) is 0 Å². The van der Waals surface area contributed by atoms with Crippen molar-refractivity contribution >= 4 is 12.0 Å². The van der Waals surface area contributed by atoms with Crippen molar-refractivity contribution in [2.24, 2.45) is 0 Å². The number of aromatic hydroxyl groups is 1. The smallest absolute Gasteiger partial charge is 0.150 e. The predicted molar refractivity (Wildman–Crippen MR) is 94.8 cm³/mol. The van der Waals surface area contributed by atoms with E-state index in [9.17, 15) is 20.1 Å². The second-order valence-corrected chi connectivity index (χ2v) is 6.41. The number of hydrogen-bond acceptors (Lipinski definition) is 6. The molecule has 0 amide bonds. The van der Waals surface area contributed by atoms with E-state index in [4.69, 9.17) is 10.5 Å². The minimum Gasteiger partial charge on any atom is -0.508 e. The van der Waals surface area contributed by atoms with Crippen LogP contribution in [0.4, 0.5) is 5.69 Å². The Balaban J connectivity index is 2.04. The Morgan fingerprint density at radius 1 is 1.19 bits per heavy atom. The van der Waals surface area contributed by atoms with Gasteiger partial charge in [-0.05, 0) is 36.8 Å². The Bertz CT molecular complexity index is 978. The van der Waals surface area contributed by atoms with Gasteiger partial charge in [-0.1, -0.05) is 12.1 Å². The number of phenolic OH excluding ortho intramolecular Hbond substituents is 1. The number of ether oxygens (including phenoxy) is 1. The average molecular weight is 351 g/mol. The number of nitrogen functional groups attached to an aromatic ring is 1. The zero-order valence-corrected chi connectivity index (χ0v) is 13.7. The monoisotopic (exact) mass is 351 g/mol. The number of benzene rings is 2. The molecule has 6 nitrogen and oxygen atoms in total. The van der Waals surface area contributed by atoms with E-state index in [-0.39, 0.29) is 22.8 Å². The molecule has 5 N–H and O–H groups in total. The molecule has 0 bridgehead atoms. The second-order valence-electron chi connectivity index (χ2n) is 6.41. The number of phenols is 1. The molecule has 0 saturated carbocycles. The normalized spacial score (nSPS) is 23.8. The van der Waals surface area contributed by atoms with E-state index in [1.807, 2.05) is 0 Å². The van der Waals surface area contributed by atoms with E-state index >= 15 is 0 Å². The van der Waals surface area contributed by atoms with Crippen molar-refractivity contribution < 1.29 is 24.9 Å². The summed E-state index contributed by atoms with van der Waals surface area (Å²) in [6.45, 7) is 0. The second kappa shape index (κ2) is 5.72. The molecule has 1 aliphatic heterocycles. The summed E-state index contributed by atoms with van der Waals surface area (Å²) in [5.74, 6) is 0.514. The van der Waals surface area contributed by atoms with Crippen LogP contribution < -0.4 is 10.5 Å². The van der Waals surface area contributed by atoms with Gasteiger partial charge in [-0.2, -0.15) is 0 Å². The predicted octanol–water partition coefficient (Wildman–Crippen LogP) is 1.99. The molecular weight excluding hydrogens is 334 g/mol. The van der Waals surface area contributed by atoms with Crippen LogP contribution in [0, 0.1) is 0 Å². The molecule has 2 aliphatic rings. The molecule has 2 atom stereocenters. The number of rotatable bonds is 2. The van der Waals surface area contributed by atoms with Gasteiger partial charge in [0.05, 0.1) is 6.10 Å². The number of aliphatic hydroxyl groups excluding tert-OH is 1. The van der Waals surface area contributed by atoms with E-state index in [0.717, 1.165) is 0 Å². The summed E-state index contributed by atoms with van der Waals surface area (Å²) < 4.78 is 5.80. The number of carbonyl (C=O) groups excluding carboxylic acids is 1. The lowest BCUT2D eigenvalue weighted by Crippen LogP contribution is -2.38. The summed E-state index contributed by atoms with van der Waals surface area (Å²) in [5.41, 5.74) is 5.94. The van der Waals surface area contributed by atoms with Crippen LogP contribution in [0.2, 0.25) is 0 Å². The van der Waals surface area contributed by atoms with Crippen molar-refractivity contribution in [3.8, 4) is 11.5 Å². The van der Waals surface area contributed by atoms with Gasteiger partial charge in [0.2, 0.25) is 0 Å². The fraction of sp³-hybridized carbons (Fsp3) is 0.150. The topological polar surface area (TPSA) is 113 Å². The maximum Gasteiger partial charge on any atom is 0.150 e. The Labute approximate surface area is 149 Å². The molecule has 2 aromatic carbocycles. The standard InChI is InChI=1S/C20H17NO5/c21-12-1-4-15(11(7-12)10-22)20(25)16-5-2-13(23)8-18(16)26-19-9-14(24)3-6-17(19)20/h1-2,4-10,14,23-25H,3,21H2. The lowest BCUT2D eigenvalue weighted by Gasteiger charge is -2.40. The fourth-order valence-electron chi connectivity index (χ4n) is 3.54. The van der Waals surface area contributed by atoms with Crippen LogP contribution in [0.1, 0.15) is 27.9 Å². The van der Waals surface area contributed by atoms with Crippen LogP contribution in [0.15, 0.2) is 59.9 Å². The van der Waals surface area contributed by atoms with Crippen molar-refractivity contribution in [3.05, 3.63) is 76.6 Å². The summed E-state index contributed by atoms with van der Waals surface area (Å²) >= 11 is 0. The van der Waals surface area contributed by atoms with Crippen LogP contribution in [0.25, 0.3) is 0 Å². The highest BCUT2D eigenvalue weighted by Gasteiger charge is 2.46. The van der Waals surface area contributed by atoms with Gasteiger partial charge >= 0.3 is 0 Å². The van der Waals surface area contributed by atoms with Crippen LogP contribution >= 0.6 is 0 Å². The third-order valence-electron chi connectivity index (χ3n) is 4.73. The molecule has 0 fully saturated rings. The van der Waals surface area contributed by atoms with Gasteiger partial charge in [-0.15, -0.1) is 0 Å². The first kappa shape index (κ1) is 16.4. The number of hydrogen-bond donors (Lipinski definition) is 4. The summed E-state index contributed by atoms with van der Waals surface area (Å²) in [4.78, 5) is 11.6. The summed E-state index contributed by atoms with van der Waals surface area (Å²) in [5, 5.41) is 31.5. The summed E-state index contributed by atoms with van der Waals surface area (Å²) in [6.07, 6.45) is 3.41. The Morgan fingerprint density at radius 2 is 1.96 bits per heavy atom. The first-order valence-corrected chi connectivity index (χ1v) is 8.13.